The first-order valence-corrected chi connectivity index (χ1v) is 11.7. The van der Waals surface area contributed by atoms with Crippen molar-refractivity contribution in [2.75, 3.05) is 0 Å². The molecule has 0 aliphatic heterocycles. The maximum absolute atomic E-state index is 15.0. The van der Waals surface area contributed by atoms with E-state index >= 15 is 4.39 Å². The van der Waals surface area contributed by atoms with E-state index in [2.05, 4.69) is 28.2 Å². The molecular weight excluding hydrogens is 435 g/mol. The first-order valence-electron chi connectivity index (χ1n) is 10.8. The number of hydrogen-bond acceptors (Lipinski definition) is 4. The van der Waals surface area contributed by atoms with Gasteiger partial charge in [-0.05, 0) is 76.9 Å². The number of pyridine rings is 1. The number of benzene rings is 2. The van der Waals surface area contributed by atoms with Gasteiger partial charge in [0, 0.05) is 12.3 Å². The fourth-order valence-electron chi connectivity index (χ4n) is 4.22. The topological polar surface area (TPSA) is 63.1 Å². The maximum Gasteiger partial charge on any atom is 0.328 e. The smallest absolute Gasteiger partial charge is 0.328 e. The number of carbonyl (C=O) groups is 1. The van der Waals surface area contributed by atoms with Crippen LogP contribution in [-0.4, -0.2) is 21.0 Å². The number of aliphatic carboxylic acids is 1. The summed E-state index contributed by atoms with van der Waals surface area (Å²) in [4.78, 5) is 19.8. The molecule has 0 amide bonds. The second kappa shape index (κ2) is 9.08. The summed E-state index contributed by atoms with van der Waals surface area (Å²) >= 11 is 1.59. The summed E-state index contributed by atoms with van der Waals surface area (Å²) in [5.74, 6) is -1.09. The molecule has 0 atom stereocenters. The Bertz CT molecular complexity index is 1380. The molecule has 1 fully saturated rings. The van der Waals surface area contributed by atoms with Crippen molar-refractivity contribution in [3.63, 3.8) is 0 Å². The maximum atomic E-state index is 15.0. The minimum atomic E-state index is -0.992. The van der Waals surface area contributed by atoms with E-state index in [1.165, 1.54) is 6.07 Å². The van der Waals surface area contributed by atoms with E-state index in [1.54, 1.807) is 29.7 Å². The molecule has 1 N–H and O–H groups in total. The van der Waals surface area contributed by atoms with Crippen LogP contribution < -0.4 is 0 Å². The van der Waals surface area contributed by atoms with Gasteiger partial charge in [-0.25, -0.2) is 14.2 Å². The van der Waals surface area contributed by atoms with Crippen LogP contribution in [0.5, 0.6) is 0 Å². The van der Waals surface area contributed by atoms with Gasteiger partial charge in [-0.15, -0.1) is 11.3 Å². The van der Waals surface area contributed by atoms with E-state index in [0.717, 1.165) is 63.4 Å². The van der Waals surface area contributed by atoms with Crippen LogP contribution in [0, 0.1) is 11.7 Å². The summed E-state index contributed by atoms with van der Waals surface area (Å²) in [5.41, 5.74) is 7.68. The third kappa shape index (κ3) is 4.34. The summed E-state index contributed by atoms with van der Waals surface area (Å²) in [5, 5.41) is 8.91. The molecule has 2 heterocycles. The lowest BCUT2D eigenvalue weighted by molar-refractivity contribution is -0.131. The predicted molar refractivity (Wildman–Crippen MR) is 130 cm³/mol. The molecule has 0 unspecified atom stereocenters. The molecule has 0 radical (unpaired) electrons. The third-order valence-electron chi connectivity index (χ3n) is 6.03. The normalized spacial score (nSPS) is 14.9. The Morgan fingerprint density at radius 2 is 1.85 bits per heavy atom. The minimum Gasteiger partial charge on any atom is -0.478 e. The highest BCUT2D eigenvalue weighted by molar-refractivity contribution is 7.16. The van der Waals surface area contributed by atoms with Crippen molar-refractivity contribution in [2.45, 2.75) is 19.3 Å². The quantitative estimate of drug-likeness (QED) is 0.329. The number of rotatable bonds is 6. The van der Waals surface area contributed by atoms with Crippen molar-refractivity contribution in [1.82, 2.24) is 9.97 Å². The Balaban J connectivity index is 1.74. The van der Waals surface area contributed by atoms with Gasteiger partial charge in [0.15, 0.2) is 0 Å². The molecule has 5 rings (SSSR count). The molecule has 4 aromatic rings. The van der Waals surface area contributed by atoms with Crippen LogP contribution in [0.4, 0.5) is 4.39 Å². The van der Waals surface area contributed by atoms with E-state index in [1.807, 2.05) is 29.8 Å². The number of thiazole rings is 1. The van der Waals surface area contributed by atoms with Gasteiger partial charge in [0.25, 0.3) is 0 Å². The summed E-state index contributed by atoms with van der Waals surface area (Å²) in [6, 6.07) is 16.9. The molecule has 0 spiro atoms. The summed E-state index contributed by atoms with van der Waals surface area (Å²) < 4.78 is 16.1. The number of fused-ring (bicyclic) bond motifs is 1. The van der Waals surface area contributed by atoms with Gasteiger partial charge in [0.1, 0.15) is 11.5 Å². The van der Waals surface area contributed by atoms with Gasteiger partial charge in [0.05, 0.1) is 15.7 Å². The van der Waals surface area contributed by atoms with Crippen molar-refractivity contribution in [3.8, 4) is 0 Å². The van der Waals surface area contributed by atoms with Gasteiger partial charge in [-0.1, -0.05) is 36.8 Å². The highest BCUT2D eigenvalue weighted by Gasteiger charge is 2.29. The van der Waals surface area contributed by atoms with Crippen molar-refractivity contribution in [1.29, 1.82) is 0 Å². The number of halogens is 1. The zero-order chi connectivity index (χ0) is 22.8. The van der Waals surface area contributed by atoms with Crippen LogP contribution in [0.3, 0.4) is 0 Å². The van der Waals surface area contributed by atoms with E-state index in [4.69, 9.17) is 5.11 Å². The molecule has 4 nitrogen and oxygen atoms in total. The molecule has 2 aromatic heterocycles. The highest BCUT2D eigenvalue weighted by Crippen LogP contribution is 2.45. The minimum absolute atomic E-state index is 0.224. The highest BCUT2D eigenvalue weighted by atomic mass is 32.1. The number of aromatic nitrogens is 2. The van der Waals surface area contributed by atoms with Crippen LogP contribution in [0.1, 0.15) is 41.6 Å². The SMILES string of the molecule is O=C(O)/C=C/c1ccc(/C(=C(\c2ncccc2F)C2CCC2)c2ccc3scnc3c2)cc1. The molecule has 1 aliphatic carbocycles. The number of carboxylic acid groups (broad SMARTS) is 1. The number of carboxylic acids is 1. The fraction of sp³-hybridized carbons (Fsp3) is 0.148. The van der Waals surface area contributed by atoms with Gasteiger partial charge in [-0.2, -0.15) is 0 Å². The van der Waals surface area contributed by atoms with Crippen LogP contribution in [0.15, 0.2) is 72.4 Å². The Morgan fingerprint density at radius 3 is 2.55 bits per heavy atom. The largest absolute Gasteiger partial charge is 0.478 e. The van der Waals surface area contributed by atoms with E-state index in [-0.39, 0.29) is 11.7 Å². The van der Waals surface area contributed by atoms with E-state index < -0.39 is 5.97 Å². The van der Waals surface area contributed by atoms with Crippen LogP contribution >= 0.6 is 11.3 Å². The zero-order valence-electron chi connectivity index (χ0n) is 17.7. The van der Waals surface area contributed by atoms with E-state index in [9.17, 15) is 4.79 Å². The van der Waals surface area contributed by atoms with Crippen LogP contribution in [0.25, 0.3) is 27.4 Å². The summed E-state index contributed by atoms with van der Waals surface area (Å²) in [7, 11) is 0. The standard InChI is InChI=1S/C27H21FN2O2S/c28-21-5-2-14-29-27(21)26(18-3-1-4-18)25(20-11-12-23-22(15-20)30-16-33-23)19-9-6-17(7-10-19)8-13-24(31)32/h2,5-16,18H,1,3-4H2,(H,31,32)/b13-8+,26-25+. The fourth-order valence-corrected chi connectivity index (χ4v) is 4.87. The Hall–Kier alpha value is -3.64. The summed E-state index contributed by atoms with van der Waals surface area (Å²) in [6.07, 6.45) is 7.41. The van der Waals surface area contributed by atoms with Crippen molar-refractivity contribution >= 4 is 44.7 Å². The molecular formula is C27H21FN2O2S. The van der Waals surface area contributed by atoms with Crippen LogP contribution in [0.2, 0.25) is 0 Å². The Kier molecular flexibility index (Phi) is 5.84. The van der Waals surface area contributed by atoms with Crippen LogP contribution in [-0.2, 0) is 4.79 Å². The first kappa shape index (κ1) is 21.2. The lowest BCUT2D eigenvalue weighted by Gasteiger charge is -2.31. The first-order chi connectivity index (χ1) is 16.1. The van der Waals surface area contributed by atoms with Crippen molar-refractivity contribution < 1.29 is 14.3 Å². The molecule has 1 saturated carbocycles. The molecule has 0 saturated heterocycles. The van der Waals surface area contributed by atoms with E-state index in [0.29, 0.717) is 5.69 Å². The zero-order valence-corrected chi connectivity index (χ0v) is 18.6. The Morgan fingerprint density at radius 1 is 1.06 bits per heavy atom. The lowest BCUT2D eigenvalue weighted by Crippen LogP contribution is -2.17. The number of allylic oxidation sites excluding steroid dienone is 1. The molecule has 6 heteroatoms. The van der Waals surface area contributed by atoms with Gasteiger partial charge >= 0.3 is 5.97 Å². The van der Waals surface area contributed by atoms with Crippen molar-refractivity contribution in [3.05, 3.63) is 101 Å². The summed E-state index contributed by atoms with van der Waals surface area (Å²) in [6.45, 7) is 0. The number of nitrogens with zero attached hydrogens (tertiary/aromatic N) is 2. The average molecular weight is 457 g/mol. The lowest BCUT2D eigenvalue weighted by atomic mass is 9.74. The molecule has 2 aromatic carbocycles. The Labute approximate surface area is 194 Å². The third-order valence-corrected chi connectivity index (χ3v) is 6.84. The number of hydrogen-bond donors (Lipinski definition) is 1. The van der Waals surface area contributed by atoms with Crippen molar-refractivity contribution in [2.24, 2.45) is 5.92 Å². The monoisotopic (exact) mass is 456 g/mol. The van der Waals surface area contributed by atoms with Gasteiger partial charge in [-0.3, -0.25) is 4.98 Å². The second-order valence-corrected chi connectivity index (χ2v) is 8.97. The molecule has 33 heavy (non-hydrogen) atoms. The van der Waals surface area contributed by atoms with Gasteiger partial charge < -0.3 is 5.11 Å². The van der Waals surface area contributed by atoms with Gasteiger partial charge in [0.2, 0.25) is 0 Å². The molecule has 0 bridgehead atoms. The molecule has 1 aliphatic rings. The molecule has 164 valence electrons. The second-order valence-electron chi connectivity index (χ2n) is 8.08. The average Bonchev–Trinajstić information content (AvgIpc) is 3.25. The predicted octanol–water partition coefficient (Wildman–Crippen LogP) is 6.69.